The highest BCUT2D eigenvalue weighted by Gasteiger charge is 2.08. The molecule has 0 fully saturated rings. The standard InChI is InChI=1S/C12H12OS/c1-3-9-4-5-11-12(8(9)2)10(6-13)7-14-11/h4-7H,3H2,1-2H3. The van der Waals surface area contributed by atoms with Crippen LogP contribution in [0.2, 0.25) is 0 Å². The maximum Gasteiger partial charge on any atom is 0.151 e. The minimum atomic E-state index is 0.831. The topological polar surface area (TPSA) is 17.1 Å². The highest BCUT2D eigenvalue weighted by molar-refractivity contribution is 7.17. The number of aldehydes is 1. The van der Waals surface area contributed by atoms with E-state index in [0.717, 1.165) is 23.7 Å². The SMILES string of the molecule is CCc1ccc2scc(C=O)c2c1C. The van der Waals surface area contributed by atoms with Gasteiger partial charge in [-0.3, -0.25) is 4.79 Å². The molecule has 0 aliphatic heterocycles. The lowest BCUT2D eigenvalue weighted by molar-refractivity contribution is 0.112. The second kappa shape index (κ2) is 3.54. The molecule has 2 heteroatoms. The first-order chi connectivity index (χ1) is 6.77. The third kappa shape index (κ3) is 1.26. The van der Waals surface area contributed by atoms with E-state index in [0.29, 0.717) is 0 Å². The molecule has 0 unspecified atom stereocenters. The van der Waals surface area contributed by atoms with Crippen molar-refractivity contribution >= 4 is 27.7 Å². The van der Waals surface area contributed by atoms with Crippen LogP contribution in [0.25, 0.3) is 10.1 Å². The third-order valence-electron chi connectivity index (χ3n) is 2.65. The van der Waals surface area contributed by atoms with Gasteiger partial charge in [0.1, 0.15) is 0 Å². The van der Waals surface area contributed by atoms with Crippen LogP contribution in [0.3, 0.4) is 0 Å². The molecule has 0 saturated carbocycles. The zero-order valence-electron chi connectivity index (χ0n) is 8.33. The molecular formula is C12H12OS. The predicted octanol–water partition coefficient (Wildman–Crippen LogP) is 3.58. The second-order valence-corrected chi connectivity index (χ2v) is 4.30. The van der Waals surface area contributed by atoms with Crippen molar-refractivity contribution in [2.45, 2.75) is 20.3 Å². The van der Waals surface area contributed by atoms with Crippen LogP contribution >= 0.6 is 11.3 Å². The molecule has 72 valence electrons. The Morgan fingerprint density at radius 2 is 2.21 bits per heavy atom. The van der Waals surface area contributed by atoms with Crippen LogP contribution in [0.5, 0.6) is 0 Å². The van der Waals surface area contributed by atoms with Crippen molar-refractivity contribution in [2.24, 2.45) is 0 Å². The zero-order chi connectivity index (χ0) is 10.1. The summed E-state index contributed by atoms with van der Waals surface area (Å²) in [6, 6.07) is 4.27. The maximum absolute atomic E-state index is 10.8. The van der Waals surface area contributed by atoms with E-state index < -0.39 is 0 Å². The Bertz CT molecular complexity index is 482. The molecule has 1 aromatic heterocycles. The van der Waals surface area contributed by atoms with Gasteiger partial charge in [0.05, 0.1) is 0 Å². The van der Waals surface area contributed by atoms with Gasteiger partial charge in [0.2, 0.25) is 0 Å². The van der Waals surface area contributed by atoms with Crippen molar-refractivity contribution in [3.63, 3.8) is 0 Å². The lowest BCUT2D eigenvalue weighted by atomic mass is 10.0. The molecule has 1 aromatic carbocycles. The largest absolute Gasteiger partial charge is 0.298 e. The summed E-state index contributed by atoms with van der Waals surface area (Å²) in [7, 11) is 0. The van der Waals surface area contributed by atoms with Gasteiger partial charge >= 0.3 is 0 Å². The molecule has 0 amide bonds. The number of aryl methyl sites for hydroxylation is 2. The van der Waals surface area contributed by atoms with Gasteiger partial charge in [-0.25, -0.2) is 0 Å². The molecule has 0 N–H and O–H groups in total. The minimum absolute atomic E-state index is 0.831. The number of benzene rings is 1. The summed E-state index contributed by atoms with van der Waals surface area (Å²) in [6.45, 7) is 4.24. The number of fused-ring (bicyclic) bond motifs is 1. The summed E-state index contributed by atoms with van der Waals surface area (Å²) in [5, 5.41) is 3.08. The van der Waals surface area contributed by atoms with Gasteiger partial charge in [-0.15, -0.1) is 11.3 Å². The molecular weight excluding hydrogens is 192 g/mol. The summed E-state index contributed by atoms with van der Waals surface area (Å²) >= 11 is 1.64. The fraction of sp³-hybridized carbons (Fsp3) is 0.250. The number of thiophene rings is 1. The van der Waals surface area contributed by atoms with Crippen molar-refractivity contribution in [1.82, 2.24) is 0 Å². The van der Waals surface area contributed by atoms with Crippen molar-refractivity contribution < 1.29 is 4.79 Å². The number of hydrogen-bond donors (Lipinski definition) is 0. The molecule has 0 spiro atoms. The molecule has 0 bridgehead atoms. The normalized spacial score (nSPS) is 10.7. The zero-order valence-corrected chi connectivity index (χ0v) is 9.15. The average molecular weight is 204 g/mol. The van der Waals surface area contributed by atoms with E-state index in [2.05, 4.69) is 26.0 Å². The first kappa shape index (κ1) is 9.41. The van der Waals surface area contributed by atoms with Crippen LogP contribution in [-0.2, 0) is 6.42 Å². The van der Waals surface area contributed by atoms with E-state index in [1.807, 2.05) is 5.38 Å². The van der Waals surface area contributed by atoms with Crippen LogP contribution in [0.15, 0.2) is 17.5 Å². The molecule has 1 heterocycles. The van der Waals surface area contributed by atoms with Gasteiger partial charge in [0.15, 0.2) is 6.29 Å². The summed E-state index contributed by atoms with van der Waals surface area (Å²) < 4.78 is 1.21. The average Bonchev–Trinajstić information content (AvgIpc) is 2.62. The second-order valence-electron chi connectivity index (χ2n) is 3.39. The van der Waals surface area contributed by atoms with Gasteiger partial charge in [-0.05, 0) is 30.5 Å². The molecule has 0 saturated heterocycles. The van der Waals surface area contributed by atoms with Gasteiger partial charge < -0.3 is 0 Å². The van der Waals surface area contributed by atoms with Crippen molar-refractivity contribution in [1.29, 1.82) is 0 Å². The molecule has 0 atom stereocenters. The van der Waals surface area contributed by atoms with Crippen LogP contribution in [0.4, 0.5) is 0 Å². The van der Waals surface area contributed by atoms with E-state index in [4.69, 9.17) is 0 Å². The lowest BCUT2D eigenvalue weighted by Crippen LogP contribution is -1.88. The minimum Gasteiger partial charge on any atom is -0.298 e. The summed E-state index contributed by atoms with van der Waals surface area (Å²) in [5.74, 6) is 0. The number of carbonyl (C=O) groups is 1. The molecule has 14 heavy (non-hydrogen) atoms. The first-order valence-corrected chi connectivity index (χ1v) is 5.60. The molecule has 0 radical (unpaired) electrons. The van der Waals surface area contributed by atoms with Gasteiger partial charge in [-0.2, -0.15) is 0 Å². The van der Waals surface area contributed by atoms with Crippen molar-refractivity contribution in [2.75, 3.05) is 0 Å². The van der Waals surface area contributed by atoms with E-state index >= 15 is 0 Å². The molecule has 2 aromatic rings. The highest BCUT2D eigenvalue weighted by Crippen LogP contribution is 2.29. The van der Waals surface area contributed by atoms with Crippen molar-refractivity contribution in [3.05, 3.63) is 34.2 Å². The Labute approximate surface area is 87.4 Å². The summed E-state index contributed by atoms with van der Waals surface area (Å²) in [6.07, 6.45) is 1.97. The highest BCUT2D eigenvalue weighted by atomic mass is 32.1. The number of rotatable bonds is 2. The quantitative estimate of drug-likeness (QED) is 0.683. The number of carbonyl (C=O) groups excluding carboxylic acids is 1. The molecule has 1 nitrogen and oxygen atoms in total. The third-order valence-corrected chi connectivity index (χ3v) is 3.61. The van der Waals surface area contributed by atoms with Crippen LogP contribution < -0.4 is 0 Å². The van der Waals surface area contributed by atoms with E-state index in [1.54, 1.807) is 11.3 Å². The monoisotopic (exact) mass is 204 g/mol. The van der Waals surface area contributed by atoms with Gasteiger partial charge in [0.25, 0.3) is 0 Å². The smallest absolute Gasteiger partial charge is 0.151 e. The van der Waals surface area contributed by atoms with E-state index in [1.165, 1.54) is 15.8 Å². The Hall–Kier alpha value is -1.15. The lowest BCUT2D eigenvalue weighted by Gasteiger charge is -2.04. The molecule has 0 aliphatic rings. The fourth-order valence-corrected chi connectivity index (χ4v) is 2.81. The van der Waals surface area contributed by atoms with Gasteiger partial charge in [0, 0.05) is 21.0 Å². The fourth-order valence-electron chi connectivity index (χ4n) is 1.84. The summed E-state index contributed by atoms with van der Waals surface area (Å²) in [5.41, 5.74) is 3.42. The summed E-state index contributed by atoms with van der Waals surface area (Å²) in [4.78, 5) is 10.8. The molecule has 2 rings (SSSR count). The predicted molar refractivity (Wildman–Crippen MR) is 61.3 cm³/mol. The first-order valence-electron chi connectivity index (χ1n) is 4.72. The van der Waals surface area contributed by atoms with E-state index in [-0.39, 0.29) is 0 Å². The Balaban J connectivity index is 2.83. The van der Waals surface area contributed by atoms with E-state index in [9.17, 15) is 4.79 Å². The number of hydrogen-bond acceptors (Lipinski definition) is 2. The van der Waals surface area contributed by atoms with Crippen LogP contribution in [0.1, 0.15) is 28.4 Å². The Morgan fingerprint density at radius 1 is 1.43 bits per heavy atom. The van der Waals surface area contributed by atoms with Crippen LogP contribution in [0, 0.1) is 6.92 Å². The van der Waals surface area contributed by atoms with Crippen LogP contribution in [-0.4, -0.2) is 6.29 Å². The van der Waals surface area contributed by atoms with Gasteiger partial charge in [-0.1, -0.05) is 13.0 Å². The Kier molecular flexibility index (Phi) is 2.38. The Morgan fingerprint density at radius 3 is 2.86 bits per heavy atom. The van der Waals surface area contributed by atoms with Crippen molar-refractivity contribution in [3.8, 4) is 0 Å². The maximum atomic E-state index is 10.8. The molecule has 0 aliphatic carbocycles.